The summed E-state index contributed by atoms with van der Waals surface area (Å²) in [6.07, 6.45) is 0.436. The molecule has 1 atom stereocenters. The Morgan fingerprint density at radius 3 is 2.29 bits per heavy atom. The number of carbonyl (C=O) groups excluding carboxylic acids is 2. The van der Waals surface area contributed by atoms with Gasteiger partial charge in [-0.05, 0) is 42.2 Å². The molecule has 0 radical (unpaired) electrons. The van der Waals surface area contributed by atoms with Crippen LogP contribution < -0.4 is 14.8 Å². The molecule has 31 heavy (non-hydrogen) atoms. The van der Waals surface area contributed by atoms with Crippen LogP contribution in [0, 0.1) is 11.7 Å². The Bertz CT molecular complexity index is 855. The molecule has 168 valence electrons. The molecule has 2 rings (SSSR count). The van der Waals surface area contributed by atoms with Crippen LogP contribution in [0.2, 0.25) is 0 Å². The van der Waals surface area contributed by atoms with Crippen molar-refractivity contribution in [3.05, 3.63) is 59.9 Å². The molecule has 0 fully saturated rings. The Morgan fingerprint density at radius 1 is 1.06 bits per heavy atom. The van der Waals surface area contributed by atoms with Gasteiger partial charge >= 0.3 is 0 Å². The topological polar surface area (TPSA) is 67.9 Å². The summed E-state index contributed by atoms with van der Waals surface area (Å²) in [5.41, 5.74) is 0.724. The second-order valence-electron chi connectivity index (χ2n) is 7.65. The summed E-state index contributed by atoms with van der Waals surface area (Å²) < 4.78 is 24.3. The van der Waals surface area contributed by atoms with Gasteiger partial charge in [0, 0.05) is 13.1 Å². The Morgan fingerprint density at radius 2 is 1.71 bits per heavy atom. The van der Waals surface area contributed by atoms with Gasteiger partial charge in [-0.1, -0.05) is 45.0 Å². The largest absolute Gasteiger partial charge is 0.493 e. The molecule has 0 saturated heterocycles. The summed E-state index contributed by atoms with van der Waals surface area (Å²) in [5.74, 6) is 0.324. The van der Waals surface area contributed by atoms with Crippen molar-refractivity contribution in [1.29, 1.82) is 0 Å². The van der Waals surface area contributed by atoms with Crippen molar-refractivity contribution in [3.63, 3.8) is 0 Å². The van der Waals surface area contributed by atoms with Gasteiger partial charge in [-0.2, -0.15) is 0 Å². The Labute approximate surface area is 183 Å². The molecule has 0 aliphatic heterocycles. The molecule has 2 aromatic rings. The van der Waals surface area contributed by atoms with Crippen molar-refractivity contribution in [2.75, 3.05) is 20.3 Å². The summed E-state index contributed by atoms with van der Waals surface area (Å²) in [6.45, 7) is 6.29. The molecule has 7 heteroatoms. The highest BCUT2D eigenvalue weighted by atomic mass is 19.1. The van der Waals surface area contributed by atoms with Crippen LogP contribution in [-0.4, -0.2) is 43.0 Å². The first-order valence-electron chi connectivity index (χ1n) is 10.4. The number of amides is 2. The van der Waals surface area contributed by atoms with Crippen LogP contribution >= 0.6 is 0 Å². The summed E-state index contributed by atoms with van der Waals surface area (Å²) >= 11 is 0. The monoisotopic (exact) mass is 430 g/mol. The summed E-state index contributed by atoms with van der Waals surface area (Å²) in [4.78, 5) is 27.4. The van der Waals surface area contributed by atoms with Crippen molar-refractivity contribution in [2.45, 2.75) is 39.8 Å². The highest BCUT2D eigenvalue weighted by Gasteiger charge is 2.29. The molecular formula is C24H31FN2O4. The van der Waals surface area contributed by atoms with Crippen molar-refractivity contribution in [3.8, 4) is 11.5 Å². The molecule has 2 amide bonds. The zero-order valence-electron chi connectivity index (χ0n) is 18.6. The number of benzene rings is 2. The minimum atomic E-state index is -0.669. The third-order valence-electron chi connectivity index (χ3n) is 4.76. The maximum atomic E-state index is 13.3. The van der Waals surface area contributed by atoms with E-state index in [1.807, 2.05) is 20.8 Å². The van der Waals surface area contributed by atoms with E-state index in [1.165, 1.54) is 24.1 Å². The number of nitrogens with one attached hydrogen (secondary N) is 1. The summed E-state index contributed by atoms with van der Waals surface area (Å²) in [5, 5.41) is 2.90. The van der Waals surface area contributed by atoms with Gasteiger partial charge < -0.3 is 19.7 Å². The lowest BCUT2D eigenvalue weighted by Gasteiger charge is -2.31. The first-order chi connectivity index (χ1) is 14.8. The standard InChI is InChI=1S/C24H31FN2O4/c1-5-20(24(29)26-14-17(2)3)27(15-18-10-12-19(25)13-11-18)23(28)16-31-22-9-7-6-8-21(22)30-4/h6-13,17,20H,5,14-16H2,1-4H3,(H,26,29)/t20-/m0/s1. The molecule has 0 aromatic heterocycles. The highest BCUT2D eigenvalue weighted by molar-refractivity contribution is 5.88. The van der Waals surface area contributed by atoms with Gasteiger partial charge in [-0.25, -0.2) is 4.39 Å². The zero-order valence-corrected chi connectivity index (χ0v) is 18.6. The van der Waals surface area contributed by atoms with Crippen molar-refractivity contribution in [2.24, 2.45) is 5.92 Å². The van der Waals surface area contributed by atoms with E-state index in [-0.39, 0.29) is 36.7 Å². The minimum Gasteiger partial charge on any atom is -0.493 e. The van der Waals surface area contributed by atoms with Gasteiger partial charge in [-0.3, -0.25) is 9.59 Å². The number of hydrogen-bond acceptors (Lipinski definition) is 4. The Kier molecular flexibility index (Phi) is 9.31. The van der Waals surface area contributed by atoms with Gasteiger partial charge in [0.05, 0.1) is 7.11 Å². The summed E-state index contributed by atoms with van der Waals surface area (Å²) in [7, 11) is 1.52. The fourth-order valence-corrected chi connectivity index (χ4v) is 3.09. The maximum absolute atomic E-state index is 13.3. The molecular weight excluding hydrogens is 399 g/mol. The molecule has 6 nitrogen and oxygen atoms in total. The quantitative estimate of drug-likeness (QED) is 0.589. The van der Waals surface area contributed by atoms with Crippen LogP contribution in [-0.2, 0) is 16.1 Å². The number of carbonyl (C=O) groups is 2. The van der Waals surface area contributed by atoms with E-state index in [0.29, 0.717) is 24.5 Å². The van der Waals surface area contributed by atoms with Crippen LogP contribution in [0.15, 0.2) is 48.5 Å². The second-order valence-corrected chi connectivity index (χ2v) is 7.65. The normalized spacial score (nSPS) is 11.7. The molecule has 0 spiro atoms. The van der Waals surface area contributed by atoms with Gasteiger partial charge in [-0.15, -0.1) is 0 Å². The van der Waals surface area contributed by atoms with E-state index >= 15 is 0 Å². The van der Waals surface area contributed by atoms with Crippen molar-refractivity contribution < 1.29 is 23.5 Å². The van der Waals surface area contributed by atoms with Gasteiger partial charge in [0.2, 0.25) is 5.91 Å². The van der Waals surface area contributed by atoms with Crippen LogP contribution in [0.5, 0.6) is 11.5 Å². The van der Waals surface area contributed by atoms with Gasteiger partial charge in [0.15, 0.2) is 18.1 Å². The Balaban J connectivity index is 2.20. The SMILES string of the molecule is CC[C@@H](C(=O)NCC(C)C)N(Cc1ccc(F)cc1)C(=O)COc1ccccc1OC. The van der Waals surface area contributed by atoms with Crippen LogP contribution in [0.1, 0.15) is 32.8 Å². The number of methoxy groups -OCH3 is 1. The van der Waals surface area contributed by atoms with E-state index in [1.54, 1.807) is 36.4 Å². The number of hydrogen-bond donors (Lipinski definition) is 1. The smallest absolute Gasteiger partial charge is 0.261 e. The predicted octanol–water partition coefficient (Wildman–Crippen LogP) is 3.79. The lowest BCUT2D eigenvalue weighted by atomic mass is 10.1. The number of nitrogens with zero attached hydrogens (tertiary/aromatic N) is 1. The third kappa shape index (κ3) is 7.27. The third-order valence-corrected chi connectivity index (χ3v) is 4.76. The number of halogens is 1. The first-order valence-corrected chi connectivity index (χ1v) is 10.4. The van der Waals surface area contributed by atoms with E-state index < -0.39 is 6.04 Å². The molecule has 0 heterocycles. The molecule has 0 unspecified atom stereocenters. The van der Waals surface area contributed by atoms with Crippen molar-refractivity contribution in [1.82, 2.24) is 10.2 Å². The number of rotatable bonds is 11. The van der Waals surface area contributed by atoms with Crippen LogP contribution in [0.4, 0.5) is 4.39 Å². The average Bonchev–Trinajstić information content (AvgIpc) is 2.77. The molecule has 0 aliphatic rings. The van der Waals surface area contributed by atoms with Crippen LogP contribution in [0.25, 0.3) is 0 Å². The molecule has 0 saturated carbocycles. The fourth-order valence-electron chi connectivity index (χ4n) is 3.09. The maximum Gasteiger partial charge on any atom is 0.261 e. The molecule has 0 aliphatic carbocycles. The average molecular weight is 431 g/mol. The number of ether oxygens (including phenoxy) is 2. The van der Waals surface area contributed by atoms with E-state index in [4.69, 9.17) is 9.47 Å². The highest BCUT2D eigenvalue weighted by Crippen LogP contribution is 2.26. The van der Waals surface area contributed by atoms with Gasteiger partial charge in [0.1, 0.15) is 11.9 Å². The fraction of sp³-hybridized carbons (Fsp3) is 0.417. The lowest BCUT2D eigenvalue weighted by Crippen LogP contribution is -2.50. The van der Waals surface area contributed by atoms with E-state index in [2.05, 4.69) is 5.32 Å². The molecule has 1 N–H and O–H groups in total. The van der Waals surface area contributed by atoms with Crippen molar-refractivity contribution >= 4 is 11.8 Å². The van der Waals surface area contributed by atoms with Gasteiger partial charge in [0.25, 0.3) is 5.91 Å². The number of para-hydroxylation sites is 2. The Hall–Kier alpha value is -3.09. The zero-order chi connectivity index (χ0) is 22.8. The van der Waals surface area contributed by atoms with E-state index in [0.717, 1.165) is 5.56 Å². The predicted molar refractivity (Wildman–Crippen MR) is 117 cm³/mol. The first kappa shape index (κ1) is 24.2. The lowest BCUT2D eigenvalue weighted by molar-refractivity contribution is -0.143. The summed E-state index contributed by atoms with van der Waals surface area (Å²) in [6, 6.07) is 12.3. The molecule has 0 bridgehead atoms. The van der Waals surface area contributed by atoms with Crippen LogP contribution in [0.3, 0.4) is 0 Å². The minimum absolute atomic E-state index is 0.169. The van der Waals surface area contributed by atoms with E-state index in [9.17, 15) is 14.0 Å². The molecule has 2 aromatic carbocycles. The second kappa shape index (κ2) is 11.9.